The molecule has 110 valence electrons. The molecule has 0 saturated carbocycles. The van der Waals surface area contributed by atoms with Crippen LogP contribution in [0, 0.1) is 0 Å². The van der Waals surface area contributed by atoms with Gasteiger partial charge in [-0.15, -0.1) is 0 Å². The van der Waals surface area contributed by atoms with Crippen LogP contribution in [0.2, 0.25) is 0 Å². The van der Waals surface area contributed by atoms with Gasteiger partial charge in [-0.1, -0.05) is 12.1 Å². The van der Waals surface area contributed by atoms with Crippen molar-refractivity contribution >= 4 is 0 Å². The van der Waals surface area contributed by atoms with Crippen molar-refractivity contribution in [1.82, 2.24) is 0 Å². The summed E-state index contributed by atoms with van der Waals surface area (Å²) < 4.78 is 11.5. The minimum Gasteiger partial charge on any atom is -0.496 e. The van der Waals surface area contributed by atoms with Crippen LogP contribution in [-0.4, -0.2) is 7.11 Å². The van der Waals surface area contributed by atoms with Crippen molar-refractivity contribution in [1.29, 1.82) is 0 Å². The molecule has 0 spiro atoms. The van der Waals surface area contributed by atoms with Gasteiger partial charge in [0, 0.05) is 6.04 Å². The lowest BCUT2D eigenvalue weighted by atomic mass is 10.1. The second-order valence-electron chi connectivity index (χ2n) is 5.55. The summed E-state index contributed by atoms with van der Waals surface area (Å²) in [6.07, 6.45) is 3.56. The van der Waals surface area contributed by atoms with E-state index in [2.05, 4.69) is 12.1 Å². The fraction of sp³-hybridized carbons (Fsp3) is 0.333. The molecule has 0 aliphatic heterocycles. The Labute approximate surface area is 125 Å². The molecule has 0 heterocycles. The van der Waals surface area contributed by atoms with Crippen LogP contribution < -0.4 is 15.2 Å². The van der Waals surface area contributed by atoms with E-state index in [1.807, 2.05) is 31.2 Å². The minimum atomic E-state index is -0.148. The molecule has 0 unspecified atom stereocenters. The Kier molecular flexibility index (Phi) is 3.84. The van der Waals surface area contributed by atoms with Crippen LogP contribution in [0.15, 0.2) is 36.4 Å². The van der Waals surface area contributed by atoms with Crippen LogP contribution in [0.25, 0.3) is 0 Å². The van der Waals surface area contributed by atoms with Crippen molar-refractivity contribution in [3.63, 3.8) is 0 Å². The second kappa shape index (κ2) is 5.78. The van der Waals surface area contributed by atoms with Crippen molar-refractivity contribution in [2.75, 3.05) is 7.11 Å². The zero-order chi connectivity index (χ0) is 14.8. The summed E-state index contributed by atoms with van der Waals surface area (Å²) in [7, 11) is 1.65. The van der Waals surface area contributed by atoms with Gasteiger partial charge in [0.25, 0.3) is 0 Å². The van der Waals surface area contributed by atoms with Crippen molar-refractivity contribution in [2.24, 2.45) is 5.73 Å². The van der Waals surface area contributed by atoms with Crippen LogP contribution in [0.3, 0.4) is 0 Å². The first kappa shape index (κ1) is 14.0. The monoisotopic (exact) mass is 283 g/mol. The van der Waals surface area contributed by atoms with Gasteiger partial charge in [0.2, 0.25) is 0 Å². The molecule has 0 amide bonds. The summed E-state index contributed by atoms with van der Waals surface area (Å²) >= 11 is 0. The van der Waals surface area contributed by atoms with Crippen LogP contribution in [0.4, 0.5) is 0 Å². The standard InChI is InChI=1S/C18H21NO2/c1-12(19)18-16(20-2)7-4-8-17(18)21-15-10-9-13-5-3-6-14(13)11-15/h4,7-12H,3,5-6,19H2,1-2H3/t12-/m0/s1. The first-order chi connectivity index (χ1) is 10.2. The number of aryl methyl sites for hydroxylation is 2. The van der Waals surface area contributed by atoms with Gasteiger partial charge in [0.05, 0.1) is 12.7 Å². The molecule has 2 aromatic carbocycles. The summed E-state index contributed by atoms with van der Waals surface area (Å²) in [5, 5.41) is 0. The third kappa shape index (κ3) is 2.74. The zero-order valence-electron chi connectivity index (χ0n) is 12.6. The van der Waals surface area contributed by atoms with Gasteiger partial charge in [-0.05, 0) is 61.6 Å². The lowest BCUT2D eigenvalue weighted by Crippen LogP contribution is -2.08. The number of benzene rings is 2. The topological polar surface area (TPSA) is 44.5 Å². The number of rotatable bonds is 4. The number of hydrogen-bond acceptors (Lipinski definition) is 3. The summed E-state index contributed by atoms with van der Waals surface area (Å²) in [6, 6.07) is 12.0. The highest BCUT2D eigenvalue weighted by atomic mass is 16.5. The highest BCUT2D eigenvalue weighted by Gasteiger charge is 2.16. The molecule has 2 aromatic rings. The van der Waals surface area contributed by atoms with Crippen LogP contribution in [-0.2, 0) is 12.8 Å². The molecule has 1 atom stereocenters. The molecule has 2 N–H and O–H groups in total. The molecule has 0 saturated heterocycles. The van der Waals surface area contributed by atoms with E-state index in [4.69, 9.17) is 15.2 Å². The predicted molar refractivity (Wildman–Crippen MR) is 84.1 cm³/mol. The Morgan fingerprint density at radius 3 is 2.57 bits per heavy atom. The predicted octanol–water partition coefficient (Wildman–Crippen LogP) is 4.00. The number of nitrogens with two attached hydrogens (primary N) is 1. The van der Waals surface area contributed by atoms with Crippen LogP contribution in [0.5, 0.6) is 17.2 Å². The number of fused-ring (bicyclic) bond motifs is 1. The molecule has 1 aliphatic carbocycles. The van der Waals surface area contributed by atoms with E-state index in [0.717, 1.165) is 29.2 Å². The minimum absolute atomic E-state index is 0.148. The van der Waals surface area contributed by atoms with Gasteiger partial charge < -0.3 is 15.2 Å². The Bertz CT molecular complexity index is 650. The Morgan fingerprint density at radius 1 is 1.05 bits per heavy atom. The largest absolute Gasteiger partial charge is 0.496 e. The average Bonchev–Trinajstić information content (AvgIpc) is 2.94. The summed E-state index contributed by atoms with van der Waals surface area (Å²) in [6.45, 7) is 1.94. The van der Waals surface area contributed by atoms with Crippen molar-refractivity contribution in [2.45, 2.75) is 32.2 Å². The average molecular weight is 283 g/mol. The molecule has 0 bridgehead atoms. The van der Waals surface area contributed by atoms with Gasteiger partial charge in [-0.25, -0.2) is 0 Å². The number of hydrogen-bond donors (Lipinski definition) is 1. The normalized spacial score (nSPS) is 14.6. The molecule has 21 heavy (non-hydrogen) atoms. The van der Waals surface area contributed by atoms with Gasteiger partial charge in [-0.3, -0.25) is 0 Å². The number of methoxy groups -OCH3 is 1. The summed E-state index contributed by atoms with van der Waals surface area (Å²) in [5.41, 5.74) is 9.82. The molecule has 0 radical (unpaired) electrons. The molecule has 1 aliphatic rings. The van der Waals surface area contributed by atoms with Gasteiger partial charge in [0.1, 0.15) is 17.2 Å². The maximum Gasteiger partial charge on any atom is 0.135 e. The third-order valence-electron chi connectivity index (χ3n) is 4.00. The highest BCUT2D eigenvalue weighted by molar-refractivity contribution is 5.49. The van der Waals surface area contributed by atoms with Crippen LogP contribution in [0.1, 0.15) is 36.1 Å². The van der Waals surface area contributed by atoms with Crippen molar-refractivity contribution < 1.29 is 9.47 Å². The lowest BCUT2D eigenvalue weighted by molar-refractivity contribution is 0.397. The lowest BCUT2D eigenvalue weighted by Gasteiger charge is -2.17. The van der Waals surface area contributed by atoms with E-state index in [9.17, 15) is 0 Å². The highest BCUT2D eigenvalue weighted by Crippen LogP contribution is 2.36. The Balaban J connectivity index is 1.94. The van der Waals surface area contributed by atoms with E-state index >= 15 is 0 Å². The smallest absolute Gasteiger partial charge is 0.135 e. The fourth-order valence-electron chi connectivity index (χ4n) is 2.98. The van der Waals surface area contributed by atoms with E-state index in [1.165, 1.54) is 24.0 Å². The Morgan fingerprint density at radius 2 is 1.81 bits per heavy atom. The maximum absolute atomic E-state index is 6.08. The van der Waals surface area contributed by atoms with Crippen molar-refractivity contribution in [3.05, 3.63) is 53.1 Å². The molecule has 0 fully saturated rings. The summed E-state index contributed by atoms with van der Waals surface area (Å²) in [4.78, 5) is 0. The molecular weight excluding hydrogens is 262 g/mol. The quantitative estimate of drug-likeness (QED) is 0.922. The first-order valence-electron chi connectivity index (χ1n) is 7.41. The first-order valence-corrected chi connectivity index (χ1v) is 7.41. The summed E-state index contributed by atoms with van der Waals surface area (Å²) in [5.74, 6) is 2.40. The number of ether oxygens (including phenoxy) is 2. The van der Waals surface area contributed by atoms with E-state index in [1.54, 1.807) is 7.11 Å². The fourth-order valence-corrected chi connectivity index (χ4v) is 2.98. The van der Waals surface area contributed by atoms with Crippen molar-refractivity contribution in [3.8, 4) is 17.2 Å². The van der Waals surface area contributed by atoms with Gasteiger partial charge in [-0.2, -0.15) is 0 Å². The molecule has 3 nitrogen and oxygen atoms in total. The van der Waals surface area contributed by atoms with Gasteiger partial charge >= 0.3 is 0 Å². The zero-order valence-corrected chi connectivity index (χ0v) is 12.6. The van der Waals surface area contributed by atoms with E-state index < -0.39 is 0 Å². The SMILES string of the molecule is COc1cccc(Oc2ccc3c(c2)CCC3)c1[C@H](C)N. The van der Waals surface area contributed by atoms with E-state index in [0.29, 0.717) is 0 Å². The Hall–Kier alpha value is -2.00. The molecule has 3 rings (SSSR count). The maximum atomic E-state index is 6.08. The van der Waals surface area contributed by atoms with Crippen LogP contribution >= 0.6 is 0 Å². The molecule has 3 heteroatoms. The van der Waals surface area contributed by atoms with E-state index in [-0.39, 0.29) is 6.04 Å². The molecular formula is C18H21NO2. The second-order valence-corrected chi connectivity index (χ2v) is 5.55. The third-order valence-corrected chi connectivity index (χ3v) is 4.00. The van der Waals surface area contributed by atoms with Gasteiger partial charge in [0.15, 0.2) is 0 Å². The molecule has 0 aromatic heterocycles.